The van der Waals surface area contributed by atoms with Crippen LogP contribution >= 0.6 is 0 Å². The van der Waals surface area contributed by atoms with Gasteiger partial charge < -0.3 is 14.2 Å². The Morgan fingerprint density at radius 2 is 1.66 bits per heavy atom. The molecule has 0 radical (unpaired) electrons. The van der Waals surface area contributed by atoms with Gasteiger partial charge in [0.25, 0.3) is 0 Å². The first-order valence-electron chi connectivity index (χ1n) is 15.6. The second kappa shape index (κ2) is 12.0. The standard InChI is InChI=1S/C36H45N3O2/c1-37(2)36(19-7-4-8-20-36)21-16-35(40)28-10-9-11-30(25-28)41-29-17-22-39(23-18-29)26-27-14-15-34-32(24-27)31-12-5-6-13-33(31)38(34)3/h5-6,9-15,24-25,29H,4,7-8,16-23,26H2,1-3H3. The number of piperidine rings is 1. The fourth-order valence-corrected chi connectivity index (χ4v) is 7.31. The van der Waals surface area contributed by atoms with E-state index in [1.165, 1.54) is 59.5 Å². The van der Waals surface area contributed by atoms with Crippen molar-refractivity contribution in [2.24, 2.45) is 7.05 Å². The van der Waals surface area contributed by atoms with Gasteiger partial charge in [0, 0.05) is 66.0 Å². The molecule has 216 valence electrons. The zero-order chi connectivity index (χ0) is 28.4. The Morgan fingerprint density at radius 1 is 0.902 bits per heavy atom. The molecule has 2 fully saturated rings. The maximum Gasteiger partial charge on any atom is 0.163 e. The molecule has 2 aliphatic rings. The van der Waals surface area contributed by atoms with Crippen molar-refractivity contribution in [1.29, 1.82) is 0 Å². The molecule has 1 saturated carbocycles. The van der Waals surface area contributed by atoms with Gasteiger partial charge in [0.1, 0.15) is 11.9 Å². The third-order valence-electron chi connectivity index (χ3n) is 9.93. The summed E-state index contributed by atoms with van der Waals surface area (Å²) >= 11 is 0. The molecule has 0 atom stereocenters. The average Bonchev–Trinajstić information content (AvgIpc) is 3.28. The van der Waals surface area contributed by atoms with E-state index in [9.17, 15) is 4.79 Å². The lowest BCUT2D eigenvalue weighted by atomic mass is 9.77. The molecular weight excluding hydrogens is 506 g/mol. The summed E-state index contributed by atoms with van der Waals surface area (Å²) in [6.45, 7) is 3.00. The molecule has 1 saturated heterocycles. The van der Waals surface area contributed by atoms with E-state index in [1.54, 1.807) is 0 Å². The predicted molar refractivity (Wildman–Crippen MR) is 169 cm³/mol. The number of benzene rings is 3. The molecule has 41 heavy (non-hydrogen) atoms. The van der Waals surface area contributed by atoms with Crippen molar-refractivity contribution in [3.63, 3.8) is 0 Å². The number of carbonyl (C=O) groups is 1. The molecule has 0 amide bonds. The van der Waals surface area contributed by atoms with Gasteiger partial charge in [-0.3, -0.25) is 9.69 Å². The van der Waals surface area contributed by atoms with Crippen LogP contribution in [0.25, 0.3) is 21.8 Å². The number of rotatable bonds is 9. The number of hydrogen-bond donors (Lipinski definition) is 0. The van der Waals surface area contributed by atoms with Crippen LogP contribution in [0, 0.1) is 0 Å². The van der Waals surface area contributed by atoms with Crippen LogP contribution in [0.3, 0.4) is 0 Å². The Balaban J connectivity index is 1.03. The molecule has 1 aliphatic carbocycles. The Kier molecular flexibility index (Phi) is 8.19. The molecule has 3 aromatic carbocycles. The molecule has 5 nitrogen and oxygen atoms in total. The molecule has 0 unspecified atom stereocenters. The summed E-state index contributed by atoms with van der Waals surface area (Å²) in [5, 5.41) is 2.66. The van der Waals surface area contributed by atoms with Crippen LogP contribution < -0.4 is 4.74 Å². The van der Waals surface area contributed by atoms with Crippen LogP contribution in [-0.4, -0.2) is 59.0 Å². The number of hydrogen-bond acceptors (Lipinski definition) is 4. The van der Waals surface area contributed by atoms with Gasteiger partial charge in [-0.1, -0.05) is 55.7 Å². The maximum absolute atomic E-state index is 13.2. The number of carbonyl (C=O) groups excluding carboxylic acids is 1. The maximum atomic E-state index is 13.2. The first-order chi connectivity index (χ1) is 19.9. The molecule has 0 spiro atoms. The van der Waals surface area contributed by atoms with Crippen LogP contribution in [0.1, 0.15) is 73.7 Å². The predicted octanol–water partition coefficient (Wildman–Crippen LogP) is 7.60. The fraction of sp³-hybridized carbons (Fsp3) is 0.472. The number of Topliss-reactive ketones (excluding diaryl/α,β-unsaturated/α-hetero) is 1. The summed E-state index contributed by atoms with van der Waals surface area (Å²) in [6.07, 6.45) is 10.0. The first-order valence-corrected chi connectivity index (χ1v) is 15.6. The van der Waals surface area contributed by atoms with E-state index in [1.807, 2.05) is 24.3 Å². The average molecular weight is 552 g/mol. The lowest BCUT2D eigenvalue weighted by Crippen LogP contribution is -2.46. The molecule has 1 aliphatic heterocycles. The fourth-order valence-electron chi connectivity index (χ4n) is 7.31. The van der Waals surface area contributed by atoms with Crippen LogP contribution in [0.4, 0.5) is 0 Å². The number of aryl methyl sites for hydroxylation is 1. The number of ether oxygens (including phenoxy) is 1. The number of para-hydroxylation sites is 1. The van der Waals surface area contributed by atoms with E-state index < -0.39 is 0 Å². The van der Waals surface area contributed by atoms with E-state index in [0.717, 1.165) is 50.2 Å². The zero-order valence-corrected chi connectivity index (χ0v) is 25.1. The summed E-state index contributed by atoms with van der Waals surface area (Å²) in [5.74, 6) is 1.07. The zero-order valence-electron chi connectivity index (χ0n) is 25.1. The molecule has 1 aromatic heterocycles. The highest BCUT2D eigenvalue weighted by atomic mass is 16.5. The van der Waals surface area contributed by atoms with E-state index in [2.05, 4.69) is 78.0 Å². The largest absolute Gasteiger partial charge is 0.490 e. The smallest absolute Gasteiger partial charge is 0.163 e. The summed E-state index contributed by atoms with van der Waals surface area (Å²) in [6, 6.07) is 23.5. The van der Waals surface area contributed by atoms with Gasteiger partial charge >= 0.3 is 0 Å². The Bertz CT molecular complexity index is 1510. The lowest BCUT2D eigenvalue weighted by molar-refractivity contribution is 0.0770. The molecule has 0 N–H and O–H groups in total. The van der Waals surface area contributed by atoms with Gasteiger partial charge in [0.05, 0.1) is 0 Å². The summed E-state index contributed by atoms with van der Waals surface area (Å²) in [7, 11) is 6.51. The minimum atomic E-state index is 0.177. The molecule has 5 heteroatoms. The van der Waals surface area contributed by atoms with Gasteiger partial charge in [0.15, 0.2) is 5.78 Å². The third kappa shape index (κ3) is 5.93. The second-order valence-electron chi connectivity index (χ2n) is 12.7. The number of fused-ring (bicyclic) bond motifs is 3. The Morgan fingerprint density at radius 3 is 2.44 bits per heavy atom. The van der Waals surface area contributed by atoms with Crippen molar-refractivity contribution in [3.8, 4) is 5.75 Å². The Hall–Kier alpha value is -3.15. The topological polar surface area (TPSA) is 37.7 Å². The Labute approximate surface area is 245 Å². The quantitative estimate of drug-likeness (QED) is 0.201. The van der Waals surface area contributed by atoms with Gasteiger partial charge in [-0.05, 0) is 82.1 Å². The highest BCUT2D eigenvalue weighted by molar-refractivity contribution is 6.08. The van der Waals surface area contributed by atoms with Gasteiger partial charge in [0.2, 0.25) is 0 Å². The van der Waals surface area contributed by atoms with E-state index >= 15 is 0 Å². The van der Waals surface area contributed by atoms with Crippen molar-refractivity contribution in [1.82, 2.24) is 14.4 Å². The highest BCUT2D eigenvalue weighted by Crippen LogP contribution is 2.36. The second-order valence-corrected chi connectivity index (χ2v) is 12.7. The summed E-state index contributed by atoms with van der Waals surface area (Å²) in [4.78, 5) is 18.1. The summed E-state index contributed by atoms with van der Waals surface area (Å²) < 4.78 is 8.70. The lowest BCUT2D eigenvalue weighted by Gasteiger charge is -2.43. The van der Waals surface area contributed by atoms with Crippen molar-refractivity contribution in [3.05, 3.63) is 77.9 Å². The molecule has 6 rings (SSSR count). The minimum absolute atomic E-state index is 0.177. The normalized spacial score (nSPS) is 18.3. The molecule has 4 aromatic rings. The van der Waals surface area contributed by atoms with Crippen LogP contribution in [0.2, 0.25) is 0 Å². The molecule has 0 bridgehead atoms. The van der Waals surface area contributed by atoms with Gasteiger partial charge in [-0.25, -0.2) is 0 Å². The van der Waals surface area contributed by atoms with Gasteiger partial charge in [-0.2, -0.15) is 0 Å². The monoisotopic (exact) mass is 551 g/mol. The highest BCUT2D eigenvalue weighted by Gasteiger charge is 2.34. The number of aromatic nitrogens is 1. The van der Waals surface area contributed by atoms with E-state index in [4.69, 9.17) is 4.74 Å². The molecule has 2 heterocycles. The minimum Gasteiger partial charge on any atom is -0.490 e. The van der Waals surface area contributed by atoms with Crippen LogP contribution in [-0.2, 0) is 13.6 Å². The number of nitrogens with zero attached hydrogens (tertiary/aromatic N) is 3. The third-order valence-corrected chi connectivity index (χ3v) is 9.93. The van der Waals surface area contributed by atoms with Crippen molar-refractivity contribution < 1.29 is 9.53 Å². The van der Waals surface area contributed by atoms with Crippen molar-refractivity contribution >= 4 is 27.6 Å². The van der Waals surface area contributed by atoms with Crippen molar-refractivity contribution in [2.75, 3.05) is 27.2 Å². The van der Waals surface area contributed by atoms with Gasteiger partial charge in [-0.15, -0.1) is 0 Å². The number of likely N-dealkylation sites (tertiary alicyclic amines) is 1. The summed E-state index contributed by atoms with van der Waals surface area (Å²) in [5.41, 5.74) is 4.90. The van der Waals surface area contributed by atoms with Crippen LogP contribution in [0.5, 0.6) is 5.75 Å². The number of ketones is 1. The van der Waals surface area contributed by atoms with E-state index in [0.29, 0.717) is 6.42 Å². The van der Waals surface area contributed by atoms with Crippen molar-refractivity contribution in [2.45, 2.75) is 76.0 Å². The van der Waals surface area contributed by atoms with E-state index in [-0.39, 0.29) is 17.4 Å². The molecular formula is C36H45N3O2. The van der Waals surface area contributed by atoms with Crippen LogP contribution in [0.15, 0.2) is 66.7 Å². The SMILES string of the molecule is CN(C)C1(CCC(=O)c2cccc(OC3CCN(Cc4ccc5c(c4)c4ccccc4n5C)CC3)c2)CCCCC1. The first kappa shape index (κ1) is 28.0.